The second-order valence-electron chi connectivity index (χ2n) is 7.20. The van der Waals surface area contributed by atoms with Crippen LogP contribution >= 0.6 is 22.9 Å². The number of aromatic nitrogens is 3. The Balaban J connectivity index is 1.28. The van der Waals surface area contributed by atoms with Crippen molar-refractivity contribution in [1.82, 2.24) is 19.3 Å². The lowest BCUT2D eigenvalue weighted by Crippen LogP contribution is -2.26. The van der Waals surface area contributed by atoms with Gasteiger partial charge >= 0.3 is 0 Å². The van der Waals surface area contributed by atoms with Crippen molar-refractivity contribution in [3.05, 3.63) is 58.1 Å². The molecule has 2 aromatic heterocycles. The lowest BCUT2D eigenvalue weighted by molar-refractivity contribution is 0.171. The number of fused-ring (bicyclic) bond motifs is 2. The molecule has 0 spiro atoms. The number of ether oxygens (including phenoxy) is 2. The molecule has 32 heavy (non-hydrogen) atoms. The molecule has 0 aliphatic carbocycles. The maximum atomic E-state index is 12.7. The molecule has 0 saturated heterocycles. The summed E-state index contributed by atoms with van der Waals surface area (Å²) >= 11 is 7.45. The summed E-state index contributed by atoms with van der Waals surface area (Å²) in [5.41, 5.74) is 1.83. The number of thiazole rings is 1. The van der Waals surface area contributed by atoms with Crippen molar-refractivity contribution < 1.29 is 17.9 Å². The molecule has 1 aliphatic rings. The Morgan fingerprint density at radius 1 is 1.12 bits per heavy atom. The first kappa shape index (κ1) is 21.2. The van der Waals surface area contributed by atoms with Gasteiger partial charge in [-0.3, -0.25) is 0 Å². The average molecular weight is 491 g/mol. The molecule has 11 heteroatoms. The van der Waals surface area contributed by atoms with Crippen LogP contribution in [0.4, 0.5) is 0 Å². The van der Waals surface area contributed by atoms with Gasteiger partial charge in [0.1, 0.15) is 13.2 Å². The van der Waals surface area contributed by atoms with E-state index >= 15 is 0 Å². The molecule has 4 aromatic rings. The Morgan fingerprint density at radius 3 is 2.62 bits per heavy atom. The van der Waals surface area contributed by atoms with Crippen LogP contribution in [0.2, 0.25) is 5.02 Å². The van der Waals surface area contributed by atoms with Crippen molar-refractivity contribution in [2.75, 3.05) is 19.8 Å². The van der Waals surface area contributed by atoms with E-state index in [0.29, 0.717) is 42.0 Å². The molecular weight excluding hydrogens is 472 g/mol. The molecule has 0 atom stereocenters. The van der Waals surface area contributed by atoms with Gasteiger partial charge in [0.25, 0.3) is 0 Å². The number of hydrogen-bond donors (Lipinski definition) is 1. The lowest BCUT2D eigenvalue weighted by Gasteiger charge is -2.18. The standard InChI is InChI=1S/C21H19ClN4O4S2/c1-13-19(31-21-24-20(25-26(13)21)14-2-4-15(22)5-3-14)8-9-23-32(27,28)16-6-7-17-18(12-16)30-11-10-29-17/h2-7,12,23H,8-11H2,1H3. The van der Waals surface area contributed by atoms with Crippen molar-refractivity contribution in [2.45, 2.75) is 18.2 Å². The van der Waals surface area contributed by atoms with Crippen LogP contribution in [0.1, 0.15) is 10.6 Å². The van der Waals surface area contributed by atoms with Crippen molar-refractivity contribution in [3.8, 4) is 22.9 Å². The first-order chi connectivity index (χ1) is 15.4. The van der Waals surface area contributed by atoms with E-state index in [0.717, 1.165) is 21.1 Å². The van der Waals surface area contributed by atoms with Crippen LogP contribution < -0.4 is 14.2 Å². The number of hydrogen-bond acceptors (Lipinski definition) is 7. The number of halogens is 1. The van der Waals surface area contributed by atoms with E-state index < -0.39 is 10.0 Å². The second-order valence-corrected chi connectivity index (χ2v) is 10.5. The molecule has 1 aliphatic heterocycles. The number of sulfonamides is 1. The first-order valence-corrected chi connectivity index (χ1v) is 12.6. The molecule has 166 valence electrons. The Kier molecular flexibility index (Phi) is 5.54. The van der Waals surface area contributed by atoms with E-state index in [1.165, 1.54) is 23.5 Å². The zero-order valence-electron chi connectivity index (χ0n) is 17.0. The van der Waals surface area contributed by atoms with Crippen LogP contribution in [0.25, 0.3) is 16.3 Å². The monoisotopic (exact) mass is 490 g/mol. The van der Waals surface area contributed by atoms with E-state index in [1.807, 2.05) is 19.1 Å². The molecule has 0 unspecified atom stereocenters. The van der Waals surface area contributed by atoms with Crippen LogP contribution in [0.3, 0.4) is 0 Å². The van der Waals surface area contributed by atoms with Gasteiger partial charge in [-0.05, 0) is 49.7 Å². The predicted molar refractivity (Wildman–Crippen MR) is 122 cm³/mol. The van der Waals surface area contributed by atoms with Gasteiger partial charge in [0.15, 0.2) is 17.3 Å². The molecule has 0 bridgehead atoms. The normalized spacial score (nSPS) is 13.6. The molecule has 1 N–H and O–H groups in total. The number of rotatable bonds is 6. The second kappa shape index (κ2) is 8.36. The summed E-state index contributed by atoms with van der Waals surface area (Å²) in [5.74, 6) is 1.62. The maximum absolute atomic E-state index is 12.7. The van der Waals surface area contributed by atoms with Gasteiger partial charge in [-0.2, -0.15) is 4.98 Å². The van der Waals surface area contributed by atoms with Gasteiger partial charge in [0.05, 0.1) is 10.6 Å². The molecule has 3 heterocycles. The minimum absolute atomic E-state index is 0.147. The number of aryl methyl sites for hydroxylation is 1. The highest BCUT2D eigenvalue weighted by molar-refractivity contribution is 7.89. The smallest absolute Gasteiger partial charge is 0.240 e. The average Bonchev–Trinajstić information content (AvgIpc) is 3.33. The number of nitrogens with one attached hydrogen (secondary N) is 1. The fourth-order valence-corrected chi connectivity index (χ4v) is 5.64. The maximum Gasteiger partial charge on any atom is 0.240 e. The fraction of sp³-hybridized carbons (Fsp3) is 0.238. The number of benzene rings is 2. The van der Waals surface area contributed by atoms with Crippen LogP contribution in [-0.2, 0) is 16.4 Å². The van der Waals surface area contributed by atoms with Crippen LogP contribution in [0.15, 0.2) is 47.4 Å². The Labute approximate surface area is 193 Å². The Morgan fingerprint density at radius 2 is 1.88 bits per heavy atom. The highest BCUT2D eigenvalue weighted by atomic mass is 35.5. The minimum atomic E-state index is -3.67. The number of nitrogens with zero attached hydrogens (tertiary/aromatic N) is 3. The molecule has 0 radical (unpaired) electrons. The largest absolute Gasteiger partial charge is 0.486 e. The minimum Gasteiger partial charge on any atom is -0.486 e. The Bertz CT molecular complexity index is 1400. The SMILES string of the molecule is Cc1c(CCNS(=O)(=O)c2ccc3c(c2)OCCO3)sc2nc(-c3ccc(Cl)cc3)nn12. The Hall–Kier alpha value is -2.66. The van der Waals surface area contributed by atoms with Crippen LogP contribution in [0, 0.1) is 6.92 Å². The van der Waals surface area contributed by atoms with Crippen molar-refractivity contribution in [2.24, 2.45) is 0 Å². The predicted octanol–water partition coefficient (Wildman–Crippen LogP) is 3.71. The summed E-state index contributed by atoms with van der Waals surface area (Å²) in [5, 5.41) is 5.25. The summed E-state index contributed by atoms with van der Waals surface area (Å²) < 4.78 is 40.8. The molecule has 2 aromatic carbocycles. The fourth-order valence-electron chi connectivity index (χ4n) is 3.41. The third-order valence-corrected chi connectivity index (χ3v) is 7.99. The lowest BCUT2D eigenvalue weighted by atomic mass is 10.2. The van der Waals surface area contributed by atoms with Crippen molar-refractivity contribution in [3.63, 3.8) is 0 Å². The highest BCUT2D eigenvalue weighted by Gasteiger charge is 2.20. The van der Waals surface area contributed by atoms with Gasteiger partial charge in [0.2, 0.25) is 15.0 Å². The molecule has 0 saturated carbocycles. The van der Waals surface area contributed by atoms with E-state index in [-0.39, 0.29) is 11.4 Å². The zero-order chi connectivity index (χ0) is 22.3. The van der Waals surface area contributed by atoms with Crippen LogP contribution in [-0.4, -0.2) is 42.8 Å². The van der Waals surface area contributed by atoms with E-state index in [4.69, 9.17) is 21.1 Å². The summed E-state index contributed by atoms with van der Waals surface area (Å²) in [6.45, 7) is 3.06. The quantitative estimate of drug-likeness (QED) is 0.442. The molecule has 0 amide bonds. The summed E-state index contributed by atoms with van der Waals surface area (Å²) in [6, 6.07) is 12.0. The molecule has 5 rings (SSSR count). The van der Waals surface area contributed by atoms with Crippen molar-refractivity contribution >= 4 is 37.9 Å². The topological polar surface area (TPSA) is 94.8 Å². The molecule has 0 fully saturated rings. The zero-order valence-corrected chi connectivity index (χ0v) is 19.4. The highest BCUT2D eigenvalue weighted by Crippen LogP contribution is 2.32. The van der Waals surface area contributed by atoms with E-state index in [2.05, 4.69) is 14.8 Å². The van der Waals surface area contributed by atoms with E-state index in [9.17, 15) is 8.42 Å². The van der Waals surface area contributed by atoms with Gasteiger partial charge in [-0.1, -0.05) is 22.9 Å². The third-order valence-electron chi connectivity index (χ3n) is 5.08. The van der Waals surface area contributed by atoms with Crippen molar-refractivity contribution in [1.29, 1.82) is 0 Å². The molecular formula is C21H19ClN4O4S2. The van der Waals surface area contributed by atoms with Gasteiger partial charge in [-0.25, -0.2) is 17.7 Å². The van der Waals surface area contributed by atoms with Gasteiger partial charge in [0, 0.05) is 28.1 Å². The van der Waals surface area contributed by atoms with Gasteiger partial charge in [-0.15, -0.1) is 5.10 Å². The van der Waals surface area contributed by atoms with Gasteiger partial charge < -0.3 is 9.47 Å². The van der Waals surface area contributed by atoms with E-state index in [1.54, 1.807) is 22.7 Å². The first-order valence-electron chi connectivity index (χ1n) is 9.91. The summed E-state index contributed by atoms with van der Waals surface area (Å²) in [6.07, 6.45) is 0.529. The molecule has 8 nitrogen and oxygen atoms in total. The van der Waals surface area contributed by atoms with Crippen LogP contribution in [0.5, 0.6) is 11.5 Å². The summed E-state index contributed by atoms with van der Waals surface area (Å²) in [4.78, 5) is 6.53. The summed E-state index contributed by atoms with van der Waals surface area (Å²) in [7, 11) is -3.67. The third kappa shape index (κ3) is 4.06.